The summed E-state index contributed by atoms with van der Waals surface area (Å²) in [4.78, 5) is 0. The summed E-state index contributed by atoms with van der Waals surface area (Å²) in [6.45, 7) is 0. The van der Waals surface area contributed by atoms with Gasteiger partial charge in [0, 0.05) is 39.4 Å². The van der Waals surface area contributed by atoms with Gasteiger partial charge in [-0.1, -0.05) is 0 Å². The summed E-state index contributed by atoms with van der Waals surface area (Å²) in [7, 11) is 0. The van der Waals surface area contributed by atoms with Crippen LogP contribution in [0.2, 0.25) is 0 Å². The second-order valence-corrected chi connectivity index (χ2v) is 0. The Morgan fingerprint density at radius 1 is 0.800 bits per heavy atom. The van der Waals surface area contributed by atoms with E-state index >= 15 is 0 Å². The molecule has 0 spiro atoms. The maximum Gasteiger partial charge on any atom is 0.187 e. The third kappa shape index (κ3) is 21.6. The molecular weight excluding hydrogens is 213 g/mol. The first-order valence-corrected chi connectivity index (χ1v) is 0. The Morgan fingerprint density at radius 3 is 0.800 bits per heavy atom. The third-order valence-electron chi connectivity index (χ3n) is 0. The van der Waals surface area contributed by atoms with Crippen molar-refractivity contribution in [2.45, 2.75) is 0 Å². The van der Waals surface area contributed by atoms with Crippen LogP contribution in [0, 0.1) is 0 Å². The third-order valence-corrected chi connectivity index (χ3v) is 0. The molecule has 0 rings (SSSR count). The molecule has 0 heterocycles. The molecular formula is H9Al2BMnNb. The fraction of sp³-hybridized carbons (Fsp3) is 0. The Kier molecular flexibility index (Phi) is 343. The molecule has 0 bridgehead atoms. The van der Waals surface area contributed by atoms with Crippen LogP contribution in [-0.2, 0) is 39.4 Å². The summed E-state index contributed by atoms with van der Waals surface area (Å²) in [5.41, 5.74) is 0. The first-order chi connectivity index (χ1) is 0. The standard InChI is InChI=1S/2Al.BH3.Mn.Nb.6H/h;;1H3;;;;;;;;. The van der Waals surface area contributed by atoms with Crippen molar-refractivity contribution >= 4 is 43.1 Å². The minimum atomic E-state index is 0. The molecule has 0 saturated carbocycles. The van der Waals surface area contributed by atoms with E-state index in [2.05, 4.69) is 0 Å². The summed E-state index contributed by atoms with van der Waals surface area (Å²) in [5.74, 6) is 0. The van der Waals surface area contributed by atoms with Crippen LogP contribution in [0.4, 0.5) is 0 Å². The molecule has 0 aromatic rings. The van der Waals surface area contributed by atoms with Gasteiger partial charge in [0.1, 0.15) is 0 Å². The first-order valence-electron chi connectivity index (χ1n) is 0. The van der Waals surface area contributed by atoms with Gasteiger partial charge in [-0.05, 0) is 0 Å². The van der Waals surface area contributed by atoms with Crippen LogP contribution >= 0.6 is 0 Å². The number of hydrogen-bond donors (Lipinski definition) is 0. The van der Waals surface area contributed by atoms with Crippen LogP contribution in [0.15, 0.2) is 0 Å². The predicted molar refractivity (Wildman–Crippen MR) is 29.8 cm³/mol. The fourth-order valence-electron chi connectivity index (χ4n) is 0. The van der Waals surface area contributed by atoms with Crippen LogP contribution in [0.25, 0.3) is 0 Å². The van der Waals surface area contributed by atoms with Crippen LogP contribution in [0.3, 0.4) is 0 Å². The minimum absolute atomic E-state index is 0. The maximum atomic E-state index is 0. The molecule has 0 atom stereocenters. The van der Waals surface area contributed by atoms with Crippen molar-refractivity contribution in [2.75, 3.05) is 0 Å². The Hall–Kier alpha value is 2.39. The van der Waals surface area contributed by atoms with E-state index in [9.17, 15) is 0 Å². The monoisotopic (exact) mass is 222 g/mol. The molecule has 30 valence electrons. The summed E-state index contributed by atoms with van der Waals surface area (Å²) in [6.07, 6.45) is 0. The van der Waals surface area contributed by atoms with Gasteiger partial charge in [-0.3, -0.25) is 0 Å². The molecule has 0 aromatic heterocycles. The molecule has 2 radical (unpaired) electrons. The van der Waals surface area contributed by atoms with Crippen LogP contribution < -0.4 is 0 Å². The molecule has 0 unspecified atom stereocenters. The van der Waals surface area contributed by atoms with Crippen molar-refractivity contribution in [2.24, 2.45) is 0 Å². The Balaban J connectivity index is 0. The molecule has 0 aromatic carbocycles. The first kappa shape index (κ1) is 52.8. The van der Waals surface area contributed by atoms with E-state index in [4.69, 9.17) is 0 Å². The topological polar surface area (TPSA) is 0 Å². The van der Waals surface area contributed by atoms with Crippen molar-refractivity contribution in [3.05, 3.63) is 0 Å². The molecule has 0 aliphatic carbocycles. The summed E-state index contributed by atoms with van der Waals surface area (Å²) >= 11 is 0. The van der Waals surface area contributed by atoms with Gasteiger partial charge in [0.25, 0.3) is 0 Å². The van der Waals surface area contributed by atoms with E-state index in [1.54, 1.807) is 0 Å². The van der Waals surface area contributed by atoms with E-state index < -0.39 is 0 Å². The summed E-state index contributed by atoms with van der Waals surface area (Å²) in [6, 6.07) is 0. The fourth-order valence-corrected chi connectivity index (χ4v) is 0. The van der Waals surface area contributed by atoms with E-state index in [0.29, 0.717) is 0 Å². The van der Waals surface area contributed by atoms with Gasteiger partial charge in [-0.25, -0.2) is 0 Å². The molecule has 5 heteroatoms. The average molecular weight is 222 g/mol. The Morgan fingerprint density at radius 2 is 0.800 bits per heavy atom. The second kappa shape index (κ2) is 32.5. The summed E-state index contributed by atoms with van der Waals surface area (Å²) in [5, 5.41) is 0. The van der Waals surface area contributed by atoms with Crippen molar-refractivity contribution in [3.63, 3.8) is 0 Å². The number of hydrogen-bond acceptors (Lipinski definition) is 0. The van der Waals surface area contributed by atoms with Gasteiger partial charge < -0.3 is 0 Å². The van der Waals surface area contributed by atoms with E-state index in [1.165, 1.54) is 0 Å². The smallest absolute Gasteiger partial charge is 0 e. The normalized spacial score (nSPS) is 0. The molecule has 0 fully saturated rings. The Labute approximate surface area is 81.7 Å². The van der Waals surface area contributed by atoms with Crippen molar-refractivity contribution in [1.82, 2.24) is 0 Å². The van der Waals surface area contributed by atoms with Gasteiger partial charge in [0.15, 0.2) is 34.7 Å². The van der Waals surface area contributed by atoms with Gasteiger partial charge in [0.05, 0.1) is 8.41 Å². The van der Waals surface area contributed by atoms with Gasteiger partial charge in [-0.2, -0.15) is 0 Å². The van der Waals surface area contributed by atoms with Crippen LogP contribution in [-0.4, -0.2) is 43.1 Å². The molecule has 0 saturated heterocycles. The molecule has 0 amide bonds. The second-order valence-electron chi connectivity index (χ2n) is 0. The summed E-state index contributed by atoms with van der Waals surface area (Å²) < 4.78 is 0. The van der Waals surface area contributed by atoms with Crippen molar-refractivity contribution in [3.8, 4) is 0 Å². The molecule has 0 aliphatic heterocycles. The molecule has 0 N–H and O–H groups in total. The van der Waals surface area contributed by atoms with Crippen LogP contribution in [0.5, 0.6) is 0 Å². The van der Waals surface area contributed by atoms with Gasteiger partial charge in [0.2, 0.25) is 0 Å². The average Bonchev–Trinajstić information content (AvgIpc) is 0. The van der Waals surface area contributed by atoms with Crippen molar-refractivity contribution < 1.29 is 39.4 Å². The van der Waals surface area contributed by atoms with E-state index in [1.807, 2.05) is 0 Å². The Bertz CT molecular complexity index is 9.61. The van der Waals surface area contributed by atoms with Gasteiger partial charge >= 0.3 is 0 Å². The zero-order chi connectivity index (χ0) is 0. The van der Waals surface area contributed by atoms with Crippen molar-refractivity contribution in [1.29, 1.82) is 0 Å². The molecule has 0 nitrogen and oxygen atoms in total. The predicted octanol–water partition coefficient (Wildman–Crippen LogP) is -3.56. The largest absolute Gasteiger partial charge is 0.187 e. The van der Waals surface area contributed by atoms with Crippen LogP contribution in [0.1, 0.15) is 0 Å². The maximum absolute atomic E-state index is 0. The minimum Gasteiger partial charge on any atom is 0 e. The van der Waals surface area contributed by atoms with E-state index in [-0.39, 0.29) is 82.6 Å². The molecule has 5 heavy (non-hydrogen) atoms. The van der Waals surface area contributed by atoms with Gasteiger partial charge in [-0.15, -0.1) is 0 Å². The molecule has 0 aliphatic rings. The SMILES string of the molecule is B.[AlH3].[AlH3].[Mn].[Nb]. The number of rotatable bonds is 0. The zero-order valence-corrected chi connectivity index (χ0v) is 4.20. The van der Waals surface area contributed by atoms with E-state index in [0.717, 1.165) is 0 Å². The quantitative estimate of drug-likeness (QED) is 0.372. The zero-order valence-electron chi connectivity index (χ0n) is 0.825.